The Kier molecular flexibility index (Phi) is 7.93. The molecule has 1 aliphatic carbocycles. The van der Waals surface area contributed by atoms with Gasteiger partial charge in [-0.05, 0) is 12.8 Å². The SMILES string of the molecule is CS(=O)(=O)N(CCNC(=O)C1CCCCC1)CCN1CCOCC1. The van der Waals surface area contributed by atoms with Crippen molar-refractivity contribution in [3.8, 4) is 0 Å². The van der Waals surface area contributed by atoms with Crippen molar-refractivity contribution in [1.29, 1.82) is 0 Å². The van der Waals surface area contributed by atoms with E-state index in [1.165, 1.54) is 17.0 Å². The van der Waals surface area contributed by atoms with Crippen LogP contribution in [-0.2, 0) is 19.6 Å². The molecule has 1 amide bonds. The summed E-state index contributed by atoms with van der Waals surface area (Å²) in [6.07, 6.45) is 6.60. The van der Waals surface area contributed by atoms with E-state index in [9.17, 15) is 13.2 Å². The van der Waals surface area contributed by atoms with Crippen LogP contribution in [0.5, 0.6) is 0 Å². The lowest BCUT2D eigenvalue weighted by Crippen LogP contribution is -2.45. The maximum absolute atomic E-state index is 12.1. The molecule has 1 heterocycles. The second-order valence-corrected chi connectivity index (χ2v) is 8.72. The molecule has 0 atom stereocenters. The molecule has 0 spiro atoms. The van der Waals surface area contributed by atoms with Gasteiger partial charge in [-0.3, -0.25) is 9.69 Å². The van der Waals surface area contributed by atoms with E-state index in [1.54, 1.807) is 0 Å². The molecule has 0 aromatic carbocycles. The Morgan fingerprint density at radius 3 is 2.46 bits per heavy atom. The van der Waals surface area contributed by atoms with Crippen LogP contribution in [0.3, 0.4) is 0 Å². The summed E-state index contributed by atoms with van der Waals surface area (Å²) in [4.78, 5) is 14.3. The number of rotatable bonds is 8. The van der Waals surface area contributed by atoms with Gasteiger partial charge >= 0.3 is 0 Å². The summed E-state index contributed by atoms with van der Waals surface area (Å²) in [6, 6.07) is 0. The molecule has 140 valence electrons. The molecule has 2 aliphatic rings. The number of sulfonamides is 1. The third-order valence-electron chi connectivity index (χ3n) is 4.87. The van der Waals surface area contributed by atoms with E-state index in [2.05, 4.69) is 10.2 Å². The number of ether oxygens (including phenoxy) is 1. The third kappa shape index (κ3) is 6.66. The van der Waals surface area contributed by atoms with Crippen molar-refractivity contribution in [2.24, 2.45) is 5.92 Å². The molecule has 24 heavy (non-hydrogen) atoms. The summed E-state index contributed by atoms with van der Waals surface area (Å²) in [6.45, 7) is 4.97. The highest BCUT2D eigenvalue weighted by Gasteiger charge is 2.22. The molecule has 2 fully saturated rings. The first kappa shape index (κ1) is 19.6. The smallest absolute Gasteiger partial charge is 0.223 e. The van der Waals surface area contributed by atoms with E-state index in [-0.39, 0.29) is 11.8 Å². The molecule has 0 aromatic rings. The first-order chi connectivity index (χ1) is 11.5. The number of hydrogen-bond acceptors (Lipinski definition) is 5. The first-order valence-electron chi connectivity index (χ1n) is 9.00. The van der Waals surface area contributed by atoms with E-state index in [0.717, 1.165) is 38.8 Å². The molecular formula is C16H31N3O4S. The Morgan fingerprint density at radius 2 is 1.83 bits per heavy atom. The lowest BCUT2D eigenvalue weighted by Gasteiger charge is -2.29. The van der Waals surface area contributed by atoms with Gasteiger partial charge in [0.15, 0.2) is 0 Å². The minimum Gasteiger partial charge on any atom is -0.379 e. The van der Waals surface area contributed by atoms with Crippen molar-refractivity contribution in [1.82, 2.24) is 14.5 Å². The van der Waals surface area contributed by atoms with E-state index >= 15 is 0 Å². The molecule has 1 saturated heterocycles. The van der Waals surface area contributed by atoms with Gasteiger partial charge in [0.2, 0.25) is 15.9 Å². The second kappa shape index (κ2) is 9.70. The van der Waals surface area contributed by atoms with Crippen LogP contribution in [-0.4, -0.2) is 82.3 Å². The summed E-state index contributed by atoms with van der Waals surface area (Å²) in [7, 11) is -3.26. The monoisotopic (exact) mass is 361 g/mol. The molecular weight excluding hydrogens is 330 g/mol. The molecule has 1 aliphatic heterocycles. The van der Waals surface area contributed by atoms with Crippen LogP contribution in [0.25, 0.3) is 0 Å². The summed E-state index contributed by atoms with van der Waals surface area (Å²) >= 11 is 0. The molecule has 0 radical (unpaired) electrons. The topological polar surface area (TPSA) is 79.0 Å². The van der Waals surface area contributed by atoms with Gasteiger partial charge < -0.3 is 10.1 Å². The Bertz CT molecular complexity index is 486. The molecule has 8 heteroatoms. The van der Waals surface area contributed by atoms with Crippen LogP contribution in [0.15, 0.2) is 0 Å². The minimum atomic E-state index is -3.26. The van der Waals surface area contributed by atoms with Crippen LogP contribution in [0.2, 0.25) is 0 Å². The van der Waals surface area contributed by atoms with Crippen molar-refractivity contribution >= 4 is 15.9 Å². The molecule has 7 nitrogen and oxygen atoms in total. The van der Waals surface area contributed by atoms with Crippen molar-refractivity contribution in [2.75, 3.05) is 58.7 Å². The standard InChI is InChI=1S/C16H31N3O4S/c1-24(21,22)19(10-9-18-11-13-23-14-12-18)8-7-17-16(20)15-5-3-2-4-6-15/h15H,2-14H2,1H3,(H,17,20). The van der Waals surface area contributed by atoms with Crippen LogP contribution in [0, 0.1) is 5.92 Å². The summed E-state index contributed by atoms with van der Waals surface area (Å²) in [5, 5.41) is 2.91. The number of nitrogens with zero attached hydrogens (tertiary/aromatic N) is 2. The van der Waals surface area contributed by atoms with E-state index in [4.69, 9.17) is 4.74 Å². The van der Waals surface area contributed by atoms with Gasteiger partial charge in [-0.1, -0.05) is 19.3 Å². The fourth-order valence-corrected chi connectivity index (χ4v) is 4.17. The first-order valence-corrected chi connectivity index (χ1v) is 10.8. The fourth-order valence-electron chi connectivity index (χ4n) is 3.33. The largest absolute Gasteiger partial charge is 0.379 e. The maximum Gasteiger partial charge on any atom is 0.223 e. The average molecular weight is 362 g/mol. The van der Waals surface area contributed by atoms with Crippen molar-refractivity contribution < 1.29 is 17.9 Å². The quantitative estimate of drug-likeness (QED) is 0.672. The van der Waals surface area contributed by atoms with Crippen molar-refractivity contribution in [3.05, 3.63) is 0 Å². The average Bonchev–Trinajstić information content (AvgIpc) is 2.58. The van der Waals surface area contributed by atoms with Gasteiger partial charge in [-0.2, -0.15) is 4.31 Å². The Hall–Kier alpha value is -0.700. The Labute approximate surface area is 145 Å². The molecule has 1 N–H and O–H groups in total. The van der Waals surface area contributed by atoms with Gasteiger partial charge in [0.05, 0.1) is 19.5 Å². The van der Waals surface area contributed by atoms with Gasteiger partial charge in [0.1, 0.15) is 0 Å². The number of nitrogens with one attached hydrogen (secondary N) is 1. The van der Waals surface area contributed by atoms with Gasteiger partial charge in [-0.25, -0.2) is 8.42 Å². The zero-order valence-corrected chi connectivity index (χ0v) is 15.5. The summed E-state index contributed by atoms with van der Waals surface area (Å²) < 4.78 is 30.7. The van der Waals surface area contributed by atoms with Crippen molar-refractivity contribution in [3.63, 3.8) is 0 Å². The summed E-state index contributed by atoms with van der Waals surface area (Å²) in [5.74, 6) is 0.190. The van der Waals surface area contributed by atoms with E-state index < -0.39 is 10.0 Å². The molecule has 0 bridgehead atoms. The minimum absolute atomic E-state index is 0.0799. The molecule has 2 rings (SSSR count). The van der Waals surface area contributed by atoms with Gasteiger partial charge in [-0.15, -0.1) is 0 Å². The number of carbonyl (C=O) groups excluding carboxylic acids is 1. The van der Waals surface area contributed by atoms with Crippen LogP contribution < -0.4 is 5.32 Å². The van der Waals surface area contributed by atoms with Crippen LogP contribution >= 0.6 is 0 Å². The highest BCUT2D eigenvalue weighted by atomic mass is 32.2. The third-order valence-corrected chi connectivity index (χ3v) is 6.18. The molecule has 0 aromatic heterocycles. The fraction of sp³-hybridized carbons (Fsp3) is 0.938. The van der Waals surface area contributed by atoms with Crippen molar-refractivity contribution in [2.45, 2.75) is 32.1 Å². The highest BCUT2D eigenvalue weighted by Crippen LogP contribution is 2.23. The Morgan fingerprint density at radius 1 is 1.17 bits per heavy atom. The lowest BCUT2D eigenvalue weighted by molar-refractivity contribution is -0.125. The predicted molar refractivity (Wildman–Crippen MR) is 93.3 cm³/mol. The highest BCUT2D eigenvalue weighted by molar-refractivity contribution is 7.88. The molecule has 0 unspecified atom stereocenters. The van der Waals surface area contributed by atoms with Gasteiger partial charge in [0.25, 0.3) is 0 Å². The van der Waals surface area contributed by atoms with E-state index in [1.807, 2.05) is 0 Å². The van der Waals surface area contributed by atoms with E-state index in [0.29, 0.717) is 39.4 Å². The Balaban J connectivity index is 1.73. The number of morpholine rings is 1. The van der Waals surface area contributed by atoms with Crippen LogP contribution in [0.4, 0.5) is 0 Å². The zero-order chi connectivity index (χ0) is 17.4. The zero-order valence-electron chi connectivity index (χ0n) is 14.7. The lowest BCUT2D eigenvalue weighted by atomic mass is 9.89. The predicted octanol–water partition coefficient (Wildman–Crippen LogP) is 0.277. The summed E-state index contributed by atoms with van der Waals surface area (Å²) in [5.41, 5.74) is 0. The number of hydrogen-bond donors (Lipinski definition) is 1. The second-order valence-electron chi connectivity index (χ2n) is 6.74. The van der Waals surface area contributed by atoms with Gasteiger partial charge in [0, 0.05) is 45.2 Å². The normalized spacial score (nSPS) is 21.1. The van der Waals surface area contributed by atoms with Crippen LogP contribution in [0.1, 0.15) is 32.1 Å². The number of amides is 1. The number of carbonyl (C=O) groups is 1. The maximum atomic E-state index is 12.1. The molecule has 1 saturated carbocycles.